The fraction of sp³-hybridized carbons (Fsp3) is 0.200. The van der Waals surface area contributed by atoms with Crippen molar-refractivity contribution in [1.82, 2.24) is 24.7 Å². The number of fused-ring (bicyclic) bond motifs is 2. The summed E-state index contributed by atoms with van der Waals surface area (Å²) in [6.07, 6.45) is 8.11. The summed E-state index contributed by atoms with van der Waals surface area (Å²) in [6.45, 7) is 3.53. The zero-order valence-electron chi connectivity index (χ0n) is 15.6. The molecule has 4 aromatic heterocycles. The maximum atomic E-state index is 14.2. The van der Waals surface area contributed by atoms with E-state index < -0.39 is 5.82 Å². The summed E-state index contributed by atoms with van der Waals surface area (Å²) in [6, 6.07) is 2.98. The molecule has 0 fully saturated rings. The topological polar surface area (TPSA) is 84.2 Å². The van der Waals surface area contributed by atoms with Crippen LogP contribution in [0.2, 0.25) is 0 Å². The molecule has 0 aromatic carbocycles. The summed E-state index contributed by atoms with van der Waals surface area (Å²) >= 11 is 1.27. The van der Waals surface area contributed by atoms with Gasteiger partial charge in [0.1, 0.15) is 10.3 Å². The number of nitrogens with zero attached hydrogens (tertiary/aromatic N) is 4. The number of pyridine rings is 1. The van der Waals surface area contributed by atoms with Crippen molar-refractivity contribution in [1.29, 1.82) is 0 Å². The summed E-state index contributed by atoms with van der Waals surface area (Å²) in [7, 11) is 0. The molecule has 0 saturated carbocycles. The number of carbonyl (C=O) groups excluding carboxylic acids is 1. The van der Waals surface area contributed by atoms with Gasteiger partial charge in [-0.2, -0.15) is 0 Å². The number of imidazole rings is 1. The zero-order valence-corrected chi connectivity index (χ0v) is 16.4. The molecule has 5 heterocycles. The van der Waals surface area contributed by atoms with Crippen LogP contribution in [-0.4, -0.2) is 38.3 Å². The Morgan fingerprint density at radius 3 is 3.03 bits per heavy atom. The van der Waals surface area contributed by atoms with Crippen molar-refractivity contribution >= 4 is 44.5 Å². The highest BCUT2D eigenvalue weighted by Crippen LogP contribution is 2.26. The van der Waals surface area contributed by atoms with Gasteiger partial charge in [-0.1, -0.05) is 6.08 Å². The monoisotopic (exact) mass is 408 g/mol. The number of carbonyl (C=O) groups is 1. The molecule has 5 rings (SSSR count). The SMILES string of the molecule is Cc1cn2cc(NC(=O)c3cc4ncc(C5=CCNCC5)nc4s3)cc(F)c2n1. The van der Waals surface area contributed by atoms with E-state index in [1.807, 2.05) is 0 Å². The summed E-state index contributed by atoms with van der Waals surface area (Å²) in [5.41, 5.74) is 3.97. The first-order valence-electron chi connectivity index (χ1n) is 9.20. The van der Waals surface area contributed by atoms with Crippen molar-refractivity contribution < 1.29 is 9.18 Å². The number of aryl methyl sites for hydroxylation is 1. The number of rotatable bonds is 3. The maximum absolute atomic E-state index is 14.2. The van der Waals surface area contributed by atoms with Gasteiger partial charge in [-0.3, -0.25) is 9.78 Å². The molecule has 0 atom stereocenters. The number of thiophene rings is 1. The molecule has 0 aliphatic carbocycles. The highest BCUT2D eigenvalue weighted by Gasteiger charge is 2.16. The largest absolute Gasteiger partial charge is 0.320 e. The Morgan fingerprint density at radius 1 is 1.31 bits per heavy atom. The van der Waals surface area contributed by atoms with Gasteiger partial charge in [0.25, 0.3) is 5.91 Å². The molecular weight excluding hydrogens is 391 g/mol. The molecule has 1 aliphatic rings. The van der Waals surface area contributed by atoms with E-state index in [1.54, 1.807) is 36.0 Å². The van der Waals surface area contributed by atoms with E-state index in [9.17, 15) is 9.18 Å². The van der Waals surface area contributed by atoms with E-state index in [0.29, 0.717) is 26.6 Å². The molecule has 0 bridgehead atoms. The van der Waals surface area contributed by atoms with Crippen molar-refractivity contribution in [2.24, 2.45) is 0 Å². The van der Waals surface area contributed by atoms with Crippen LogP contribution in [0.4, 0.5) is 10.1 Å². The lowest BCUT2D eigenvalue weighted by atomic mass is 10.1. The normalized spacial score (nSPS) is 14.3. The molecule has 4 aromatic rings. The van der Waals surface area contributed by atoms with Gasteiger partial charge < -0.3 is 15.0 Å². The molecule has 29 heavy (non-hydrogen) atoms. The van der Waals surface area contributed by atoms with Crippen molar-refractivity contribution in [3.63, 3.8) is 0 Å². The Balaban J connectivity index is 1.43. The Kier molecular flexibility index (Phi) is 4.33. The van der Waals surface area contributed by atoms with Gasteiger partial charge in [0.15, 0.2) is 11.5 Å². The van der Waals surface area contributed by atoms with Gasteiger partial charge in [0.2, 0.25) is 0 Å². The first-order chi connectivity index (χ1) is 14.1. The van der Waals surface area contributed by atoms with Crippen LogP contribution in [0.5, 0.6) is 0 Å². The Hall–Kier alpha value is -3.17. The molecule has 146 valence electrons. The standard InChI is InChI=1S/C20H17FN6OS/c1-11-9-27-10-13(6-14(21)18(27)24-11)25-19(28)17-7-15-20(29-17)26-16(8-23-15)12-2-4-22-5-3-12/h2,6-10,22H,3-5H2,1H3,(H,25,28). The molecule has 0 unspecified atom stereocenters. The molecule has 0 saturated heterocycles. The van der Waals surface area contributed by atoms with Crippen LogP contribution < -0.4 is 10.6 Å². The summed E-state index contributed by atoms with van der Waals surface area (Å²) in [4.78, 5) is 27.1. The quantitative estimate of drug-likeness (QED) is 0.543. The van der Waals surface area contributed by atoms with E-state index >= 15 is 0 Å². The molecule has 1 aliphatic heterocycles. The van der Waals surface area contributed by atoms with Gasteiger partial charge in [-0.05, 0) is 31.5 Å². The number of halogens is 1. The van der Waals surface area contributed by atoms with E-state index in [2.05, 4.69) is 31.7 Å². The van der Waals surface area contributed by atoms with Gasteiger partial charge in [0.05, 0.1) is 28.1 Å². The van der Waals surface area contributed by atoms with Crippen molar-refractivity contribution in [3.8, 4) is 0 Å². The lowest BCUT2D eigenvalue weighted by molar-refractivity contribution is 0.103. The smallest absolute Gasteiger partial charge is 0.265 e. The van der Waals surface area contributed by atoms with E-state index in [4.69, 9.17) is 0 Å². The van der Waals surface area contributed by atoms with Crippen LogP contribution in [0.3, 0.4) is 0 Å². The van der Waals surface area contributed by atoms with Crippen LogP contribution >= 0.6 is 11.3 Å². The van der Waals surface area contributed by atoms with Crippen LogP contribution in [-0.2, 0) is 0 Å². The van der Waals surface area contributed by atoms with Crippen LogP contribution in [0.1, 0.15) is 27.5 Å². The minimum atomic E-state index is -0.490. The second kappa shape index (κ2) is 7.02. The highest BCUT2D eigenvalue weighted by molar-refractivity contribution is 7.20. The van der Waals surface area contributed by atoms with Crippen molar-refractivity contribution in [2.75, 3.05) is 18.4 Å². The minimum absolute atomic E-state index is 0.232. The average molecular weight is 408 g/mol. The molecule has 0 radical (unpaired) electrons. The van der Waals surface area contributed by atoms with Gasteiger partial charge in [-0.25, -0.2) is 14.4 Å². The third-order valence-corrected chi connectivity index (χ3v) is 5.76. The van der Waals surface area contributed by atoms with E-state index in [0.717, 1.165) is 30.8 Å². The fourth-order valence-electron chi connectivity index (χ4n) is 3.38. The number of nitrogens with one attached hydrogen (secondary N) is 2. The van der Waals surface area contributed by atoms with Crippen LogP contribution in [0, 0.1) is 12.7 Å². The lowest BCUT2D eigenvalue weighted by Gasteiger charge is -2.12. The van der Waals surface area contributed by atoms with E-state index in [1.165, 1.54) is 17.4 Å². The Morgan fingerprint density at radius 2 is 2.21 bits per heavy atom. The molecular formula is C20H17FN6OS. The van der Waals surface area contributed by atoms with Crippen molar-refractivity contribution in [3.05, 3.63) is 58.9 Å². The summed E-state index contributed by atoms with van der Waals surface area (Å²) < 4.78 is 15.8. The molecule has 0 spiro atoms. The number of hydrogen-bond donors (Lipinski definition) is 2. The third-order valence-electron chi connectivity index (χ3n) is 4.74. The van der Waals surface area contributed by atoms with Crippen molar-refractivity contribution in [2.45, 2.75) is 13.3 Å². The van der Waals surface area contributed by atoms with Gasteiger partial charge in [0, 0.05) is 25.0 Å². The second-order valence-electron chi connectivity index (χ2n) is 6.88. The third kappa shape index (κ3) is 3.39. The van der Waals surface area contributed by atoms with E-state index in [-0.39, 0.29) is 11.6 Å². The lowest BCUT2D eigenvalue weighted by Crippen LogP contribution is -2.20. The predicted octanol–water partition coefficient (Wildman–Crippen LogP) is 3.42. The number of aromatic nitrogens is 4. The number of amides is 1. The Labute approximate surface area is 169 Å². The molecule has 2 N–H and O–H groups in total. The summed E-state index contributed by atoms with van der Waals surface area (Å²) in [5.74, 6) is -0.816. The zero-order chi connectivity index (χ0) is 20.0. The number of anilines is 1. The summed E-state index contributed by atoms with van der Waals surface area (Å²) in [5, 5.41) is 6.02. The first-order valence-corrected chi connectivity index (χ1v) is 10.0. The van der Waals surface area contributed by atoms with Crippen LogP contribution in [0.15, 0.2) is 36.8 Å². The minimum Gasteiger partial charge on any atom is -0.320 e. The van der Waals surface area contributed by atoms with Crippen LogP contribution in [0.25, 0.3) is 21.6 Å². The van der Waals surface area contributed by atoms with Gasteiger partial charge >= 0.3 is 0 Å². The molecule has 1 amide bonds. The molecule has 9 heteroatoms. The van der Waals surface area contributed by atoms with Gasteiger partial charge in [-0.15, -0.1) is 11.3 Å². The predicted molar refractivity (Wildman–Crippen MR) is 111 cm³/mol. The second-order valence-corrected chi connectivity index (χ2v) is 7.91. The molecule has 7 nitrogen and oxygen atoms in total. The average Bonchev–Trinajstić information content (AvgIpc) is 3.31. The first kappa shape index (κ1) is 17.9. The fourth-order valence-corrected chi connectivity index (χ4v) is 4.26. The number of hydrogen-bond acceptors (Lipinski definition) is 6. The maximum Gasteiger partial charge on any atom is 0.265 e. The highest BCUT2D eigenvalue weighted by atomic mass is 32.1. The Bertz CT molecular complexity index is 1290.